The van der Waals surface area contributed by atoms with E-state index in [1.54, 1.807) is 6.92 Å². The van der Waals surface area contributed by atoms with Crippen molar-refractivity contribution in [1.29, 1.82) is 0 Å². The summed E-state index contributed by atoms with van der Waals surface area (Å²) in [6.45, 7) is 7.03. The number of aliphatic hydroxyl groups excluding tert-OH is 1. The first-order valence-corrected chi connectivity index (χ1v) is 8.98. The van der Waals surface area contributed by atoms with Crippen molar-refractivity contribution in [2.24, 2.45) is 0 Å². The number of amides is 1. The van der Waals surface area contributed by atoms with Crippen molar-refractivity contribution >= 4 is 5.91 Å². The Labute approximate surface area is 148 Å². The van der Waals surface area contributed by atoms with E-state index in [1.807, 2.05) is 30.9 Å². The Hall–Kier alpha value is -1.50. The Balaban J connectivity index is 1.63. The Bertz CT molecular complexity index is 631. The molecule has 0 aliphatic carbocycles. The van der Waals surface area contributed by atoms with Crippen molar-refractivity contribution in [3.05, 3.63) is 29.1 Å². The fourth-order valence-corrected chi connectivity index (χ4v) is 4.11. The molecule has 0 saturated carbocycles. The molecule has 2 aliphatic rings. The number of carbonyl (C=O) groups is 1. The number of hydrogen-bond donors (Lipinski definition) is 2. The number of rotatable bonds is 2. The van der Waals surface area contributed by atoms with E-state index in [4.69, 9.17) is 4.74 Å². The monoisotopic (exact) mass is 348 g/mol. The Morgan fingerprint density at radius 2 is 1.88 bits per heavy atom. The van der Waals surface area contributed by atoms with Crippen LogP contribution in [0.4, 0.5) is 0 Å². The van der Waals surface area contributed by atoms with Gasteiger partial charge in [-0.2, -0.15) is 0 Å². The normalized spacial score (nSPS) is 29.0. The number of hydrogen-bond acceptors (Lipinski definition) is 5. The maximum absolute atomic E-state index is 12.6. The summed E-state index contributed by atoms with van der Waals surface area (Å²) < 4.78 is 5.88. The SMILES string of the molecule is Cc1cc(CC(=O)N2CCC3(CC2)OCC[C@@](C)(O)[C@@H]3O)cc(C)n1. The molecule has 1 aromatic rings. The molecule has 0 unspecified atom stereocenters. The topological polar surface area (TPSA) is 82.9 Å². The lowest BCUT2D eigenvalue weighted by Gasteiger charge is -2.51. The fourth-order valence-electron chi connectivity index (χ4n) is 4.11. The quantitative estimate of drug-likeness (QED) is 0.837. The van der Waals surface area contributed by atoms with Crippen LogP contribution in [0.1, 0.15) is 43.1 Å². The highest BCUT2D eigenvalue weighted by molar-refractivity contribution is 5.79. The molecule has 0 radical (unpaired) electrons. The van der Waals surface area contributed by atoms with Gasteiger partial charge < -0.3 is 19.8 Å². The van der Waals surface area contributed by atoms with Crippen LogP contribution in [0, 0.1) is 13.8 Å². The third kappa shape index (κ3) is 3.71. The Kier molecular flexibility index (Phi) is 4.88. The summed E-state index contributed by atoms with van der Waals surface area (Å²) in [6, 6.07) is 3.89. The highest BCUT2D eigenvalue weighted by atomic mass is 16.5. The lowest BCUT2D eigenvalue weighted by atomic mass is 9.75. The van der Waals surface area contributed by atoms with Gasteiger partial charge in [0.15, 0.2) is 0 Å². The van der Waals surface area contributed by atoms with Gasteiger partial charge in [-0.1, -0.05) is 0 Å². The molecular weight excluding hydrogens is 320 g/mol. The molecule has 0 bridgehead atoms. The van der Waals surface area contributed by atoms with E-state index in [-0.39, 0.29) is 5.91 Å². The summed E-state index contributed by atoms with van der Waals surface area (Å²) in [7, 11) is 0. The second kappa shape index (κ2) is 6.67. The number of aliphatic hydroxyl groups is 2. The van der Waals surface area contributed by atoms with E-state index in [0.29, 0.717) is 45.4 Å². The van der Waals surface area contributed by atoms with E-state index in [9.17, 15) is 15.0 Å². The number of likely N-dealkylation sites (tertiary alicyclic amines) is 1. The van der Waals surface area contributed by atoms with Crippen LogP contribution in [0.2, 0.25) is 0 Å². The lowest BCUT2D eigenvalue weighted by Crippen LogP contribution is -2.64. The van der Waals surface area contributed by atoms with Crippen LogP contribution in [0.3, 0.4) is 0 Å². The van der Waals surface area contributed by atoms with Crippen LogP contribution in [-0.2, 0) is 16.0 Å². The van der Waals surface area contributed by atoms with Gasteiger partial charge in [-0.15, -0.1) is 0 Å². The number of aromatic nitrogens is 1. The lowest BCUT2D eigenvalue weighted by molar-refractivity contribution is -0.245. The van der Waals surface area contributed by atoms with Gasteiger partial charge in [-0.05, 0) is 51.3 Å². The standard InChI is InChI=1S/C19H28N2O4/c1-13-10-15(11-14(2)20-13)12-16(22)21-7-4-19(5-8-21)17(23)18(3,24)6-9-25-19/h10-11,17,23-24H,4-9,12H2,1-3H3/t17-,18+/m0/s1. The first kappa shape index (κ1) is 18.3. The third-order valence-corrected chi connectivity index (χ3v) is 5.54. The van der Waals surface area contributed by atoms with Crippen molar-refractivity contribution in [2.45, 2.75) is 63.8 Å². The number of nitrogens with zero attached hydrogens (tertiary/aromatic N) is 2. The highest BCUT2D eigenvalue weighted by Crippen LogP contribution is 2.39. The van der Waals surface area contributed by atoms with Crippen LogP contribution in [-0.4, -0.2) is 63.0 Å². The maximum Gasteiger partial charge on any atom is 0.226 e. The Morgan fingerprint density at radius 1 is 1.28 bits per heavy atom. The fraction of sp³-hybridized carbons (Fsp3) is 0.684. The summed E-state index contributed by atoms with van der Waals surface area (Å²) in [5.41, 5.74) is 0.952. The predicted octanol–water partition coefficient (Wildman–Crippen LogP) is 1.13. The molecule has 2 aliphatic heterocycles. The minimum atomic E-state index is -1.13. The van der Waals surface area contributed by atoms with Crippen molar-refractivity contribution in [1.82, 2.24) is 9.88 Å². The zero-order valence-electron chi connectivity index (χ0n) is 15.3. The van der Waals surface area contributed by atoms with Gasteiger partial charge in [-0.25, -0.2) is 0 Å². The molecular formula is C19H28N2O4. The first-order chi connectivity index (χ1) is 11.7. The summed E-state index contributed by atoms with van der Waals surface area (Å²) in [6.07, 6.45) is 0.962. The van der Waals surface area contributed by atoms with Crippen molar-refractivity contribution in [3.8, 4) is 0 Å². The van der Waals surface area contributed by atoms with Gasteiger partial charge in [0, 0.05) is 30.9 Å². The average Bonchev–Trinajstić information content (AvgIpc) is 2.52. The summed E-state index contributed by atoms with van der Waals surface area (Å²) in [5, 5.41) is 20.9. The van der Waals surface area contributed by atoms with Crippen LogP contribution in [0.25, 0.3) is 0 Å². The van der Waals surface area contributed by atoms with Gasteiger partial charge in [-0.3, -0.25) is 9.78 Å². The second-order valence-corrected chi connectivity index (χ2v) is 7.74. The van der Waals surface area contributed by atoms with Crippen LogP contribution in [0.15, 0.2) is 12.1 Å². The molecule has 25 heavy (non-hydrogen) atoms. The summed E-state index contributed by atoms with van der Waals surface area (Å²) >= 11 is 0. The van der Waals surface area contributed by atoms with E-state index >= 15 is 0 Å². The number of piperidine rings is 1. The van der Waals surface area contributed by atoms with Gasteiger partial charge in [0.2, 0.25) is 5.91 Å². The maximum atomic E-state index is 12.6. The summed E-state index contributed by atoms with van der Waals surface area (Å²) in [4.78, 5) is 18.8. The van der Waals surface area contributed by atoms with Gasteiger partial charge in [0.1, 0.15) is 11.7 Å². The van der Waals surface area contributed by atoms with Crippen LogP contribution in [0.5, 0.6) is 0 Å². The molecule has 2 N–H and O–H groups in total. The predicted molar refractivity (Wildman–Crippen MR) is 93.2 cm³/mol. The summed E-state index contributed by atoms with van der Waals surface area (Å²) in [5.74, 6) is 0.0805. The Morgan fingerprint density at radius 3 is 2.48 bits per heavy atom. The molecule has 1 aromatic heterocycles. The molecule has 138 valence electrons. The van der Waals surface area contributed by atoms with Crippen molar-refractivity contribution in [3.63, 3.8) is 0 Å². The average molecular weight is 348 g/mol. The van der Waals surface area contributed by atoms with Crippen molar-refractivity contribution in [2.75, 3.05) is 19.7 Å². The molecule has 1 spiro atoms. The number of ether oxygens (including phenoxy) is 1. The molecule has 0 aromatic carbocycles. The van der Waals surface area contributed by atoms with E-state index in [1.165, 1.54) is 0 Å². The molecule has 6 heteroatoms. The molecule has 2 atom stereocenters. The minimum absolute atomic E-state index is 0.0805. The second-order valence-electron chi connectivity index (χ2n) is 7.74. The molecule has 3 rings (SSSR count). The molecule has 2 fully saturated rings. The number of carbonyl (C=O) groups excluding carboxylic acids is 1. The molecule has 1 amide bonds. The third-order valence-electron chi connectivity index (χ3n) is 5.54. The number of pyridine rings is 1. The minimum Gasteiger partial charge on any atom is -0.387 e. The number of aryl methyl sites for hydroxylation is 2. The highest BCUT2D eigenvalue weighted by Gasteiger charge is 2.52. The molecule has 6 nitrogen and oxygen atoms in total. The van der Waals surface area contributed by atoms with Gasteiger partial charge in [0.25, 0.3) is 0 Å². The van der Waals surface area contributed by atoms with E-state index < -0.39 is 17.3 Å². The first-order valence-electron chi connectivity index (χ1n) is 8.98. The van der Waals surface area contributed by atoms with Crippen LogP contribution < -0.4 is 0 Å². The van der Waals surface area contributed by atoms with Crippen LogP contribution >= 0.6 is 0 Å². The van der Waals surface area contributed by atoms with Gasteiger partial charge >= 0.3 is 0 Å². The van der Waals surface area contributed by atoms with E-state index in [0.717, 1.165) is 17.0 Å². The zero-order chi connectivity index (χ0) is 18.2. The van der Waals surface area contributed by atoms with Gasteiger partial charge in [0.05, 0.1) is 18.6 Å². The zero-order valence-corrected chi connectivity index (χ0v) is 15.3. The largest absolute Gasteiger partial charge is 0.387 e. The molecule has 3 heterocycles. The smallest absolute Gasteiger partial charge is 0.226 e. The van der Waals surface area contributed by atoms with Crippen molar-refractivity contribution < 1.29 is 19.7 Å². The van der Waals surface area contributed by atoms with E-state index in [2.05, 4.69) is 4.98 Å². The molecule has 2 saturated heterocycles.